The number of hydrogen-bond donors (Lipinski definition) is 1. The number of nitrogens with one attached hydrogen (secondary N) is 1. The lowest BCUT2D eigenvalue weighted by Gasteiger charge is -2.06. The second-order valence-electron chi connectivity index (χ2n) is 3.96. The molecule has 0 aliphatic rings. The van der Waals surface area contributed by atoms with E-state index >= 15 is 0 Å². The minimum absolute atomic E-state index is 0.145. The Labute approximate surface area is 97.4 Å². The molecule has 0 saturated carbocycles. The van der Waals surface area contributed by atoms with Gasteiger partial charge in [-0.2, -0.15) is 0 Å². The normalized spacial score (nSPS) is 11.9. The Hall–Kier alpha value is -1.15. The predicted molar refractivity (Wildman–Crippen MR) is 67.9 cm³/mol. The first kappa shape index (κ1) is 12.9. The minimum Gasteiger partial charge on any atom is -0.313 e. The van der Waals surface area contributed by atoms with Crippen molar-refractivity contribution in [3.8, 4) is 0 Å². The lowest BCUT2D eigenvalue weighted by molar-refractivity contribution is 0.624. The van der Waals surface area contributed by atoms with Crippen molar-refractivity contribution in [2.24, 2.45) is 0 Å². The molecule has 0 radical (unpaired) electrons. The predicted octanol–water partition coefficient (Wildman–Crippen LogP) is 3.54. The highest BCUT2D eigenvalue weighted by Gasteiger charge is 2.01. The van der Waals surface area contributed by atoms with Crippen LogP contribution in [0.15, 0.2) is 23.8 Å². The van der Waals surface area contributed by atoms with Gasteiger partial charge in [0.1, 0.15) is 5.82 Å². The van der Waals surface area contributed by atoms with Crippen LogP contribution in [0.4, 0.5) is 4.39 Å². The lowest BCUT2D eigenvalue weighted by Crippen LogP contribution is -2.15. The van der Waals surface area contributed by atoms with E-state index in [0.29, 0.717) is 5.56 Å². The van der Waals surface area contributed by atoms with Crippen molar-refractivity contribution in [3.05, 3.63) is 40.7 Å². The van der Waals surface area contributed by atoms with E-state index in [1.165, 1.54) is 11.6 Å². The minimum atomic E-state index is -0.145. The van der Waals surface area contributed by atoms with E-state index < -0.39 is 0 Å². The molecule has 2 heteroatoms. The maximum Gasteiger partial charge on any atom is 0.130 e. The van der Waals surface area contributed by atoms with E-state index in [1.54, 1.807) is 6.07 Å². The summed E-state index contributed by atoms with van der Waals surface area (Å²) in [6.07, 6.45) is 2.89. The fraction of sp³-hybridized carbons (Fsp3) is 0.429. The van der Waals surface area contributed by atoms with E-state index in [-0.39, 0.29) is 5.82 Å². The molecule has 0 atom stereocenters. The summed E-state index contributed by atoms with van der Waals surface area (Å²) in [6.45, 7) is 7.91. The van der Waals surface area contributed by atoms with Crippen molar-refractivity contribution in [2.45, 2.75) is 27.2 Å². The fourth-order valence-electron chi connectivity index (χ4n) is 1.56. The fourth-order valence-corrected chi connectivity index (χ4v) is 1.56. The first-order valence-corrected chi connectivity index (χ1v) is 5.83. The van der Waals surface area contributed by atoms with E-state index in [9.17, 15) is 4.39 Å². The van der Waals surface area contributed by atoms with Crippen LogP contribution in [0.1, 0.15) is 31.4 Å². The number of rotatable bonds is 5. The average molecular weight is 221 g/mol. The van der Waals surface area contributed by atoms with Crippen molar-refractivity contribution >= 4 is 6.08 Å². The van der Waals surface area contributed by atoms with Gasteiger partial charge in [-0.25, -0.2) is 4.39 Å². The number of likely N-dealkylation sites (N-methyl/N-ethyl adjacent to an activating group) is 1. The molecule has 0 aliphatic heterocycles. The van der Waals surface area contributed by atoms with Gasteiger partial charge >= 0.3 is 0 Å². The van der Waals surface area contributed by atoms with Gasteiger partial charge in [-0.1, -0.05) is 37.1 Å². The summed E-state index contributed by atoms with van der Waals surface area (Å²) in [5.41, 5.74) is 3.01. The second-order valence-corrected chi connectivity index (χ2v) is 3.96. The van der Waals surface area contributed by atoms with Gasteiger partial charge in [0, 0.05) is 12.1 Å². The number of benzene rings is 1. The topological polar surface area (TPSA) is 12.0 Å². The van der Waals surface area contributed by atoms with Crippen LogP contribution in [0.25, 0.3) is 6.08 Å². The van der Waals surface area contributed by atoms with E-state index in [0.717, 1.165) is 25.1 Å². The molecule has 0 saturated heterocycles. The van der Waals surface area contributed by atoms with Crippen LogP contribution < -0.4 is 5.32 Å². The molecule has 0 unspecified atom stereocenters. The molecule has 1 N–H and O–H groups in total. The summed E-state index contributed by atoms with van der Waals surface area (Å²) in [5, 5.41) is 3.26. The maximum atomic E-state index is 13.5. The Bertz CT molecular complexity index is 369. The first-order valence-electron chi connectivity index (χ1n) is 5.83. The Balaban J connectivity index is 2.89. The van der Waals surface area contributed by atoms with E-state index in [4.69, 9.17) is 0 Å². The molecule has 1 aromatic carbocycles. The van der Waals surface area contributed by atoms with Crippen LogP contribution in [0.5, 0.6) is 0 Å². The first-order chi connectivity index (χ1) is 7.67. The molecule has 0 aliphatic carbocycles. The highest BCUT2D eigenvalue weighted by atomic mass is 19.1. The Morgan fingerprint density at radius 3 is 2.75 bits per heavy atom. The van der Waals surface area contributed by atoms with Crippen molar-refractivity contribution < 1.29 is 4.39 Å². The van der Waals surface area contributed by atoms with Crippen LogP contribution in [0, 0.1) is 12.7 Å². The van der Waals surface area contributed by atoms with Crippen molar-refractivity contribution in [3.63, 3.8) is 0 Å². The quantitative estimate of drug-likeness (QED) is 0.802. The van der Waals surface area contributed by atoms with Crippen LogP contribution >= 0.6 is 0 Å². The molecule has 0 spiro atoms. The SMILES string of the molecule is CCNC/C(=C/c1cc(C)ccc1F)CC. The van der Waals surface area contributed by atoms with Crippen molar-refractivity contribution in [1.29, 1.82) is 0 Å². The maximum absolute atomic E-state index is 13.5. The highest BCUT2D eigenvalue weighted by Crippen LogP contribution is 2.15. The third-order valence-corrected chi connectivity index (χ3v) is 2.57. The summed E-state index contributed by atoms with van der Waals surface area (Å²) in [5.74, 6) is -0.145. The zero-order valence-electron chi connectivity index (χ0n) is 10.3. The lowest BCUT2D eigenvalue weighted by atomic mass is 10.1. The summed E-state index contributed by atoms with van der Waals surface area (Å²) in [7, 11) is 0. The van der Waals surface area contributed by atoms with Crippen LogP contribution in [0.3, 0.4) is 0 Å². The zero-order valence-corrected chi connectivity index (χ0v) is 10.3. The molecule has 0 aromatic heterocycles. The molecule has 1 aromatic rings. The molecule has 0 fully saturated rings. The molecule has 16 heavy (non-hydrogen) atoms. The summed E-state index contributed by atoms with van der Waals surface area (Å²) < 4.78 is 13.5. The van der Waals surface area contributed by atoms with Gasteiger partial charge in [0.15, 0.2) is 0 Å². The molecular formula is C14H20FN. The number of aryl methyl sites for hydroxylation is 1. The third-order valence-electron chi connectivity index (χ3n) is 2.57. The van der Waals surface area contributed by atoms with Gasteiger partial charge in [-0.05, 0) is 32.0 Å². The van der Waals surface area contributed by atoms with E-state index in [1.807, 2.05) is 19.1 Å². The summed E-state index contributed by atoms with van der Waals surface area (Å²) in [4.78, 5) is 0. The van der Waals surface area contributed by atoms with Crippen molar-refractivity contribution in [2.75, 3.05) is 13.1 Å². The third kappa shape index (κ3) is 3.78. The van der Waals surface area contributed by atoms with Crippen LogP contribution in [0.2, 0.25) is 0 Å². The summed E-state index contributed by atoms with van der Waals surface area (Å²) in [6, 6.07) is 5.21. The van der Waals surface area contributed by atoms with Gasteiger partial charge < -0.3 is 5.32 Å². The molecule has 88 valence electrons. The van der Waals surface area contributed by atoms with Gasteiger partial charge in [-0.15, -0.1) is 0 Å². The Kier molecular flexibility index (Phi) is 5.20. The largest absolute Gasteiger partial charge is 0.313 e. The molecular weight excluding hydrogens is 201 g/mol. The van der Waals surface area contributed by atoms with Gasteiger partial charge in [-0.3, -0.25) is 0 Å². The smallest absolute Gasteiger partial charge is 0.130 e. The molecule has 0 heterocycles. The molecule has 0 amide bonds. The molecule has 1 nitrogen and oxygen atoms in total. The summed E-state index contributed by atoms with van der Waals surface area (Å²) >= 11 is 0. The Morgan fingerprint density at radius 1 is 1.38 bits per heavy atom. The molecule has 0 bridgehead atoms. The van der Waals surface area contributed by atoms with Gasteiger partial charge in [0.2, 0.25) is 0 Å². The zero-order chi connectivity index (χ0) is 12.0. The highest BCUT2D eigenvalue weighted by molar-refractivity contribution is 5.54. The standard InChI is InChI=1S/C14H20FN/c1-4-12(10-16-5-2)9-13-8-11(3)6-7-14(13)15/h6-9,16H,4-5,10H2,1-3H3/b12-9+. The van der Waals surface area contributed by atoms with Gasteiger partial charge in [0.25, 0.3) is 0 Å². The average Bonchev–Trinajstić information content (AvgIpc) is 2.28. The Morgan fingerprint density at radius 2 is 2.12 bits per heavy atom. The second kappa shape index (κ2) is 6.44. The number of halogens is 1. The van der Waals surface area contributed by atoms with E-state index in [2.05, 4.69) is 19.2 Å². The van der Waals surface area contributed by atoms with Crippen molar-refractivity contribution in [1.82, 2.24) is 5.32 Å². The molecule has 1 rings (SSSR count). The monoisotopic (exact) mass is 221 g/mol. The van der Waals surface area contributed by atoms with Crippen LogP contribution in [-0.2, 0) is 0 Å². The van der Waals surface area contributed by atoms with Gasteiger partial charge in [0.05, 0.1) is 0 Å². The number of hydrogen-bond acceptors (Lipinski definition) is 1. The van der Waals surface area contributed by atoms with Crippen LogP contribution in [-0.4, -0.2) is 13.1 Å².